The van der Waals surface area contributed by atoms with Gasteiger partial charge in [-0.25, -0.2) is 4.79 Å². The third-order valence-corrected chi connectivity index (χ3v) is 2.96. The van der Waals surface area contributed by atoms with Gasteiger partial charge in [0.1, 0.15) is 12.1 Å². The average Bonchev–Trinajstić information content (AvgIpc) is 2.40. The number of methoxy groups -OCH3 is 1. The molecule has 0 aliphatic rings. The van der Waals surface area contributed by atoms with Crippen molar-refractivity contribution >= 4 is 11.9 Å². The molecule has 21 heavy (non-hydrogen) atoms. The van der Waals surface area contributed by atoms with Crippen molar-refractivity contribution in [2.24, 2.45) is 0 Å². The number of carbonyl (C=O) groups is 2. The second kappa shape index (κ2) is 7.58. The zero-order chi connectivity index (χ0) is 16.0. The smallest absolute Gasteiger partial charge is 0.341 e. The Morgan fingerprint density at radius 2 is 2.05 bits per heavy atom. The van der Waals surface area contributed by atoms with E-state index in [2.05, 4.69) is 5.32 Å². The zero-order valence-electron chi connectivity index (χ0n) is 12.4. The summed E-state index contributed by atoms with van der Waals surface area (Å²) in [6.07, 6.45) is 0. The predicted octanol–water partition coefficient (Wildman–Crippen LogP) is 0.433. The molecule has 1 aromatic heterocycles. The van der Waals surface area contributed by atoms with Gasteiger partial charge in [-0.15, -0.1) is 0 Å². The summed E-state index contributed by atoms with van der Waals surface area (Å²) in [4.78, 5) is 35.0. The zero-order valence-corrected chi connectivity index (χ0v) is 12.4. The molecular formula is C14H20N2O5. The fourth-order valence-electron chi connectivity index (χ4n) is 1.91. The van der Waals surface area contributed by atoms with Crippen molar-refractivity contribution in [3.8, 4) is 0 Å². The second-order valence-corrected chi connectivity index (χ2v) is 4.87. The van der Waals surface area contributed by atoms with Gasteiger partial charge in [0.25, 0.3) is 5.56 Å². The normalized spacial score (nSPS) is 10.7. The van der Waals surface area contributed by atoms with Gasteiger partial charge < -0.3 is 19.7 Å². The van der Waals surface area contributed by atoms with E-state index in [4.69, 9.17) is 9.84 Å². The molecule has 0 aromatic carbocycles. The maximum Gasteiger partial charge on any atom is 0.341 e. The van der Waals surface area contributed by atoms with Crippen LogP contribution in [0, 0.1) is 0 Å². The first-order valence-electron chi connectivity index (χ1n) is 6.61. The maximum atomic E-state index is 12.2. The van der Waals surface area contributed by atoms with Gasteiger partial charge in [-0.3, -0.25) is 9.59 Å². The predicted molar refractivity (Wildman–Crippen MR) is 76.6 cm³/mol. The molecule has 116 valence electrons. The summed E-state index contributed by atoms with van der Waals surface area (Å²) in [6, 6.07) is 2.84. The number of carbonyl (C=O) groups excluding carboxylic acids is 1. The molecule has 1 rings (SSSR count). The number of nitrogens with zero attached hydrogens (tertiary/aromatic N) is 1. The molecule has 0 atom stereocenters. The van der Waals surface area contributed by atoms with Crippen LogP contribution in [0.25, 0.3) is 0 Å². The monoisotopic (exact) mass is 296 g/mol. The summed E-state index contributed by atoms with van der Waals surface area (Å²) in [6.45, 7) is 4.23. The van der Waals surface area contributed by atoms with Crippen molar-refractivity contribution in [2.75, 3.05) is 20.3 Å². The minimum Gasteiger partial charge on any atom is -0.477 e. The Morgan fingerprint density at radius 1 is 1.38 bits per heavy atom. The lowest BCUT2D eigenvalue weighted by Crippen LogP contribution is -2.37. The van der Waals surface area contributed by atoms with Crippen molar-refractivity contribution in [2.45, 2.75) is 26.3 Å². The number of hydrogen-bond acceptors (Lipinski definition) is 4. The number of ether oxygens (including phenoxy) is 1. The Kier molecular flexibility index (Phi) is 6.10. The van der Waals surface area contributed by atoms with Crippen LogP contribution < -0.4 is 10.9 Å². The van der Waals surface area contributed by atoms with E-state index < -0.39 is 11.5 Å². The highest BCUT2D eigenvalue weighted by Crippen LogP contribution is 2.13. The quantitative estimate of drug-likeness (QED) is 0.711. The molecule has 1 amide bonds. The van der Waals surface area contributed by atoms with Crippen LogP contribution >= 0.6 is 0 Å². The molecule has 0 saturated heterocycles. The van der Waals surface area contributed by atoms with E-state index in [9.17, 15) is 14.4 Å². The minimum absolute atomic E-state index is 0.00711. The van der Waals surface area contributed by atoms with Crippen molar-refractivity contribution in [3.63, 3.8) is 0 Å². The molecule has 7 heteroatoms. The summed E-state index contributed by atoms with van der Waals surface area (Å²) >= 11 is 0. The molecule has 2 N–H and O–H groups in total. The molecule has 7 nitrogen and oxygen atoms in total. The van der Waals surface area contributed by atoms with Crippen LogP contribution in [0.4, 0.5) is 0 Å². The fraction of sp³-hybridized carbons (Fsp3) is 0.500. The van der Waals surface area contributed by atoms with E-state index in [1.807, 2.05) is 13.8 Å². The first-order valence-corrected chi connectivity index (χ1v) is 6.61. The number of nitrogens with one attached hydrogen (secondary N) is 1. The first kappa shape index (κ1) is 16.9. The van der Waals surface area contributed by atoms with E-state index >= 15 is 0 Å². The highest BCUT2D eigenvalue weighted by Gasteiger charge is 2.17. The first-order chi connectivity index (χ1) is 9.88. The Bertz CT molecular complexity index is 577. The van der Waals surface area contributed by atoms with E-state index in [1.54, 1.807) is 6.07 Å². The van der Waals surface area contributed by atoms with Crippen molar-refractivity contribution in [3.05, 3.63) is 33.7 Å². The van der Waals surface area contributed by atoms with Gasteiger partial charge >= 0.3 is 5.97 Å². The molecule has 0 unspecified atom stereocenters. The Morgan fingerprint density at radius 3 is 2.57 bits per heavy atom. The highest BCUT2D eigenvalue weighted by atomic mass is 16.5. The maximum absolute atomic E-state index is 12.2. The van der Waals surface area contributed by atoms with Gasteiger partial charge in [-0.2, -0.15) is 0 Å². The fourth-order valence-corrected chi connectivity index (χ4v) is 1.91. The van der Waals surface area contributed by atoms with E-state index in [1.165, 1.54) is 17.7 Å². The number of pyridine rings is 1. The number of hydrogen-bond donors (Lipinski definition) is 2. The lowest BCUT2D eigenvalue weighted by atomic mass is 10.1. The molecule has 0 aliphatic carbocycles. The molecule has 0 fully saturated rings. The van der Waals surface area contributed by atoms with Gasteiger partial charge in [0.05, 0.1) is 6.61 Å². The lowest BCUT2D eigenvalue weighted by molar-refractivity contribution is -0.121. The van der Waals surface area contributed by atoms with Crippen LogP contribution in [0.1, 0.15) is 35.8 Å². The van der Waals surface area contributed by atoms with Gasteiger partial charge in [-0.05, 0) is 18.1 Å². The van der Waals surface area contributed by atoms with Gasteiger partial charge in [0, 0.05) is 19.3 Å². The summed E-state index contributed by atoms with van der Waals surface area (Å²) in [5.41, 5.74) is -0.397. The Balaban J connectivity index is 3.07. The van der Waals surface area contributed by atoms with Crippen LogP contribution in [0.5, 0.6) is 0 Å². The Hall–Kier alpha value is -2.15. The van der Waals surface area contributed by atoms with Crippen molar-refractivity contribution in [1.29, 1.82) is 0 Å². The molecule has 0 bridgehead atoms. The van der Waals surface area contributed by atoms with Crippen LogP contribution in [-0.4, -0.2) is 41.8 Å². The lowest BCUT2D eigenvalue weighted by Gasteiger charge is -2.16. The largest absolute Gasteiger partial charge is 0.477 e. The van der Waals surface area contributed by atoms with E-state index in [-0.39, 0.29) is 23.9 Å². The molecule has 1 aromatic rings. The van der Waals surface area contributed by atoms with Crippen molar-refractivity contribution in [1.82, 2.24) is 9.88 Å². The number of aromatic nitrogens is 1. The summed E-state index contributed by atoms with van der Waals surface area (Å²) in [5.74, 6) is -1.67. The van der Waals surface area contributed by atoms with Gasteiger partial charge in [-0.1, -0.05) is 13.8 Å². The van der Waals surface area contributed by atoms with Gasteiger partial charge in [0.15, 0.2) is 0 Å². The molecule has 0 saturated carbocycles. The standard InChI is InChI=1S/C14H20N2O5/c1-9(2)11-5-4-10(14(19)20)13(18)16(11)8-12(17)15-6-7-21-3/h4-5,9H,6-8H2,1-3H3,(H,15,17)(H,19,20). The average molecular weight is 296 g/mol. The van der Waals surface area contributed by atoms with Crippen LogP contribution in [-0.2, 0) is 16.1 Å². The second-order valence-electron chi connectivity index (χ2n) is 4.87. The molecular weight excluding hydrogens is 276 g/mol. The number of carboxylic acid groups (broad SMARTS) is 1. The molecule has 0 radical (unpaired) electrons. The Labute approximate surface area is 122 Å². The highest BCUT2D eigenvalue weighted by molar-refractivity contribution is 5.87. The van der Waals surface area contributed by atoms with E-state index in [0.29, 0.717) is 18.8 Å². The van der Waals surface area contributed by atoms with E-state index in [0.717, 1.165) is 0 Å². The molecule has 1 heterocycles. The summed E-state index contributed by atoms with van der Waals surface area (Å²) < 4.78 is 6.02. The number of rotatable bonds is 7. The third-order valence-electron chi connectivity index (χ3n) is 2.96. The minimum atomic E-state index is -1.30. The van der Waals surface area contributed by atoms with Gasteiger partial charge in [0.2, 0.25) is 5.91 Å². The van der Waals surface area contributed by atoms with Crippen LogP contribution in [0.15, 0.2) is 16.9 Å². The molecule has 0 aliphatic heterocycles. The summed E-state index contributed by atoms with van der Waals surface area (Å²) in [7, 11) is 1.52. The number of carboxylic acids is 1. The SMILES string of the molecule is COCCNC(=O)Cn1c(C(C)C)ccc(C(=O)O)c1=O. The van der Waals surface area contributed by atoms with Crippen LogP contribution in [0.2, 0.25) is 0 Å². The number of amides is 1. The topological polar surface area (TPSA) is 97.6 Å². The number of aromatic carboxylic acids is 1. The summed E-state index contributed by atoms with van der Waals surface area (Å²) in [5, 5.41) is 11.6. The van der Waals surface area contributed by atoms with Crippen LogP contribution in [0.3, 0.4) is 0 Å². The molecule has 0 spiro atoms. The third kappa shape index (κ3) is 4.42. The van der Waals surface area contributed by atoms with Crippen molar-refractivity contribution < 1.29 is 19.4 Å².